The van der Waals surface area contributed by atoms with Crippen molar-refractivity contribution in [1.29, 1.82) is 0 Å². The molecule has 0 aliphatic heterocycles. The van der Waals surface area contributed by atoms with Crippen molar-refractivity contribution in [1.82, 2.24) is 34.7 Å². The largest absolute Gasteiger partial charge is 0.466 e. The molecular formula is C34H33ClF3N11S2. The number of alkyl halides is 3. The number of benzene rings is 1. The number of thiazole rings is 1. The van der Waals surface area contributed by atoms with Gasteiger partial charge in [-0.15, -0.1) is 21.3 Å². The van der Waals surface area contributed by atoms with Crippen LogP contribution in [0.1, 0.15) is 105 Å². The zero-order valence-corrected chi connectivity index (χ0v) is 31.3. The standard InChI is InChI=1S/C12H11N3.C8H8ClN3.C8H7F3N2S.C6H7N3S/c1-8(2)11-9-6-4-5-7-10(9)14-15-12(11)13-3;1-5(2)7-8(10-3)12-6(9)4-11-7;1-4(2)5-6(12-3)13-7(14-5)8(9,10)11;1-4(2)5-6(7-3)8-9-10-5/h4-8H,1-2H3;4-5H,1-2H3;4H,1-2H3;4H,1-2H3. The normalized spacial score (nSPS) is 10.6. The molecule has 264 valence electrons. The summed E-state index contributed by atoms with van der Waals surface area (Å²) < 4.78 is 40.4. The molecule has 0 atom stereocenters. The Hall–Kier alpha value is -5.13. The van der Waals surface area contributed by atoms with Crippen LogP contribution in [0.15, 0.2) is 30.5 Å². The van der Waals surface area contributed by atoms with Crippen molar-refractivity contribution in [2.24, 2.45) is 0 Å². The minimum atomic E-state index is -4.45. The van der Waals surface area contributed by atoms with Gasteiger partial charge in [0.15, 0.2) is 0 Å². The molecular weight excluding hydrogens is 719 g/mol. The van der Waals surface area contributed by atoms with Crippen molar-refractivity contribution in [2.75, 3.05) is 0 Å². The second-order valence-electron chi connectivity index (χ2n) is 11.6. The van der Waals surface area contributed by atoms with Crippen LogP contribution in [0.2, 0.25) is 5.15 Å². The van der Waals surface area contributed by atoms with E-state index in [4.69, 9.17) is 37.9 Å². The maximum absolute atomic E-state index is 12.2. The van der Waals surface area contributed by atoms with Crippen molar-refractivity contribution in [3.63, 3.8) is 0 Å². The van der Waals surface area contributed by atoms with Gasteiger partial charge < -0.3 is 19.4 Å². The minimum Gasteiger partial charge on any atom is -0.360 e. The Morgan fingerprint density at radius 1 is 0.686 bits per heavy atom. The number of hydrogen-bond acceptors (Lipinski definition) is 9. The highest BCUT2D eigenvalue weighted by Crippen LogP contribution is 2.40. The summed E-state index contributed by atoms with van der Waals surface area (Å²) >= 11 is 7.44. The molecule has 0 saturated carbocycles. The Morgan fingerprint density at radius 2 is 1.27 bits per heavy atom. The van der Waals surface area contributed by atoms with E-state index in [9.17, 15) is 13.2 Å². The molecule has 4 aromatic heterocycles. The van der Waals surface area contributed by atoms with Gasteiger partial charge in [0, 0.05) is 14.5 Å². The molecule has 11 nitrogen and oxygen atoms in total. The summed E-state index contributed by atoms with van der Waals surface area (Å²) in [6, 6.07) is 7.80. The van der Waals surface area contributed by atoms with E-state index >= 15 is 0 Å². The van der Waals surface area contributed by atoms with Crippen molar-refractivity contribution in [3.8, 4) is 0 Å². The SMILES string of the molecule is [C-]#[N+]c1nc(C(F)(F)F)sc1C(C)C.[C-]#[N+]c1nc(Cl)cnc1C(C)C.[C-]#[N+]c1nnc2ccccc2c1C(C)C.[C-]#[N+]c1nnsc1C(C)C. The predicted molar refractivity (Wildman–Crippen MR) is 195 cm³/mol. The average Bonchev–Trinajstić information content (AvgIpc) is 3.76. The second kappa shape index (κ2) is 19.3. The van der Waals surface area contributed by atoms with E-state index in [0.717, 1.165) is 21.3 Å². The van der Waals surface area contributed by atoms with Gasteiger partial charge in [0.25, 0.3) is 22.5 Å². The summed E-state index contributed by atoms with van der Waals surface area (Å²) in [6.45, 7) is 42.9. The zero-order valence-electron chi connectivity index (χ0n) is 28.9. The molecule has 0 radical (unpaired) electrons. The average molecular weight is 752 g/mol. The van der Waals surface area contributed by atoms with E-state index in [-0.39, 0.29) is 28.7 Å². The van der Waals surface area contributed by atoms with Gasteiger partial charge in [0.1, 0.15) is 5.52 Å². The Balaban J connectivity index is 0.000000238. The van der Waals surface area contributed by atoms with Crippen LogP contribution in [0.5, 0.6) is 0 Å². The van der Waals surface area contributed by atoms with Crippen LogP contribution in [-0.4, -0.2) is 34.7 Å². The smallest absolute Gasteiger partial charge is 0.360 e. The van der Waals surface area contributed by atoms with E-state index in [1.807, 2.05) is 52.0 Å². The van der Waals surface area contributed by atoms with Crippen molar-refractivity contribution >= 4 is 68.6 Å². The second-order valence-corrected chi connectivity index (χ2v) is 13.8. The van der Waals surface area contributed by atoms with Gasteiger partial charge in [0.2, 0.25) is 5.15 Å². The first-order valence-corrected chi connectivity index (χ1v) is 17.1. The zero-order chi connectivity index (χ0) is 38.5. The Morgan fingerprint density at radius 3 is 1.75 bits per heavy atom. The summed E-state index contributed by atoms with van der Waals surface area (Å²) in [7, 11) is 0. The highest BCUT2D eigenvalue weighted by molar-refractivity contribution is 7.12. The maximum atomic E-state index is 12.2. The maximum Gasteiger partial charge on any atom is 0.466 e. The van der Waals surface area contributed by atoms with Crippen LogP contribution in [-0.2, 0) is 6.18 Å². The summed E-state index contributed by atoms with van der Waals surface area (Å²) in [5.41, 5.74) is 2.55. The van der Waals surface area contributed by atoms with Gasteiger partial charge in [-0.1, -0.05) is 105 Å². The first-order valence-electron chi connectivity index (χ1n) is 15.2. The van der Waals surface area contributed by atoms with Crippen LogP contribution in [0, 0.1) is 26.3 Å². The van der Waals surface area contributed by atoms with Crippen molar-refractivity contribution in [3.05, 3.63) is 107 Å². The van der Waals surface area contributed by atoms with Crippen LogP contribution in [0.25, 0.3) is 30.3 Å². The lowest BCUT2D eigenvalue weighted by atomic mass is 9.99. The molecule has 0 bridgehead atoms. The van der Waals surface area contributed by atoms with E-state index in [1.165, 1.54) is 17.7 Å². The van der Waals surface area contributed by atoms with Crippen LogP contribution < -0.4 is 0 Å². The lowest BCUT2D eigenvalue weighted by molar-refractivity contribution is -0.137. The van der Waals surface area contributed by atoms with Gasteiger partial charge in [-0.25, -0.2) is 0 Å². The first kappa shape index (κ1) is 42.0. The highest BCUT2D eigenvalue weighted by Gasteiger charge is 2.40. The number of hydrogen-bond donors (Lipinski definition) is 0. The molecule has 51 heavy (non-hydrogen) atoms. The highest BCUT2D eigenvalue weighted by atomic mass is 35.5. The number of nitrogens with zero attached hydrogens (tertiary/aromatic N) is 11. The lowest BCUT2D eigenvalue weighted by Crippen LogP contribution is -2.03. The van der Waals surface area contributed by atoms with Gasteiger partial charge in [-0.05, 0) is 68.9 Å². The van der Waals surface area contributed by atoms with E-state index in [1.54, 1.807) is 13.8 Å². The van der Waals surface area contributed by atoms with E-state index < -0.39 is 11.2 Å². The molecule has 0 N–H and O–H groups in total. The van der Waals surface area contributed by atoms with Gasteiger partial charge >= 0.3 is 12.0 Å². The molecule has 0 unspecified atom stereocenters. The van der Waals surface area contributed by atoms with Crippen molar-refractivity contribution in [2.45, 2.75) is 85.2 Å². The quantitative estimate of drug-likeness (QED) is 0.168. The monoisotopic (exact) mass is 751 g/mol. The number of fused-ring (bicyclic) bond motifs is 1. The van der Waals surface area contributed by atoms with E-state index in [0.29, 0.717) is 45.3 Å². The summed E-state index contributed by atoms with van der Waals surface area (Å²) in [4.78, 5) is 25.4. The van der Waals surface area contributed by atoms with Gasteiger partial charge in [-0.3, -0.25) is 4.98 Å². The topological polar surface area (TPSA) is 108 Å². The van der Waals surface area contributed by atoms with Crippen LogP contribution in [0.4, 0.5) is 36.4 Å². The number of rotatable bonds is 4. The fourth-order valence-electron chi connectivity index (χ4n) is 4.11. The molecule has 0 amide bonds. The number of halogens is 4. The van der Waals surface area contributed by atoms with Crippen LogP contribution in [0.3, 0.4) is 0 Å². The third-order valence-corrected chi connectivity index (χ3v) is 8.99. The fraction of sp³-hybridized carbons (Fsp3) is 0.382. The summed E-state index contributed by atoms with van der Waals surface area (Å²) in [6.07, 6.45) is -2.98. The van der Waals surface area contributed by atoms with Gasteiger partial charge in [-0.2, -0.15) is 13.2 Å². The first-order chi connectivity index (χ1) is 24.0. The fourth-order valence-corrected chi connectivity index (χ4v) is 5.70. The predicted octanol–water partition coefficient (Wildman–Crippen LogP) is 12.2. The lowest BCUT2D eigenvalue weighted by Gasteiger charge is -2.09. The third kappa shape index (κ3) is 11.7. The number of aromatic nitrogens is 7. The molecule has 4 heterocycles. The third-order valence-electron chi connectivity index (χ3n) is 6.41. The molecule has 5 aromatic rings. The summed E-state index contributed by atoms with van der Waals surface area (Å²) in [5.74, 6) is 1.81. The van der Waals surface area contributed by atoms with Crippen LogP contribution >= 0.6 is 34.5 Å². The molecule has 5 rings (SSSR count). The molecule has 0 saturated heterocycles. The van der Waals surface area contributed by atoms with E-state index in [2.05, 4.69) is 68.0 Å². The molecule has 0 aliphatic rings. The Labute approximate surface area is 308 Å². The molecule has 0 fully saturated rings. The minimum absolute atomic E-state index is 0.104. The Kier molecular flexibility index (Phi) is 15.9. The molecule has 0 spiro atoms. The molecule has 17 heteroatoms. The molecule has 0 aliphatic carbocycles. The summed E-state index contributed by atoms with van der Waals surface area (Å²) in [5, 5.41) is 12.0. The Bertz CT molecular complexity index is 2100. The van der Waals surface area contributed by atoms with Gasteiger partial charge in [0.05, 0.1) is 16.8 Å². The van der Waals surface area contributed by atoms with Crippen molar-refractivity contribution < 1.29 is 13.2 Å². The molecule has 1 aromatic carbocycles.